The molecule has 6 heteroatoms. The molecule has 0 aromatic heterocycles. The average Bonchev–Trinajstić information content (AvgIpc) is 2.27. The largest absolute Gasteiger partial charge is 0.241 e. The molecule has 1 N–H and O–H groups in total. The summed E-state index contributed by atoms with van der Waals surface area (Å²) in [6, 6.07) is 8.03. The van der Waals surface area contributed by atoms with Crippen molar-refractivity contribution in [2.24, 2.45) is 0 Å². The van der Waals surface area contributed by atoms with Gasteiger partial charge >= 0.3 is 0 Å². The van der Waals surface area contributed by atoms with Crippen LogP contribution in [0.5, 0.6) is 0 Å². The Hall–Kier alpha value is -1.89. The number of hydrogen-bond donors (Lipinski definition) is 1. The number of benzene rings is 1. The monoisotopic (exact) mass is 263 g/mol. The molecule has 0 aliphatic carbocycles. The highest BCUT2D eigenvalue weighted by Crippen LogP contribution is 2.16. The molecule has 1 aromatic carbocycles. The summed E-state index contributed by atoms with van der Waals surface area (Å²) in [5.74, 6) is 0. The summed E-state index contributed by atoms with van der Waals surface area (Å²) in [6.45, 7) is 4.61. The highest BCUT2D eigenvalue weighted by Gasteiger charge is 2.26. The van der Waals surface area contributed by atoms with E-state index in [-0.39, 0.29) is 4.90 Å². The van der Waals surface area contributed by atoms with Crippen molar-refractivity contribution in [2.75, 3.05) is 0 Å². The van der Waals surface area contributed by atoms with Crippen molar-refractivity contribution < 1.29 is 8.42 Å². The van der Waals surface area contributed by atoms with Crippen molar-refractivity contribution in [1.29, 1.82) is 10.5 Å². The molecular weight excluding hydrogens is 250 g/mol. The van der Waals surface area contributed by atoms with Gasteiger partial charge in [-0.25, -0.2) is 8.42 Å². The Kier molecular flexibility index (Phi) is 3.76. The summed E-state index contributed by atoms with van der Waals surface area (Å²) < 4.78 is 26.3. The molecule has 94 valence electrons. The molecule has 0 saturated heterocycles. The van der Waals surface area contributed by atoms with Crippen LogP contribution in [0.2, 0.25) is 0 Å². The SMILES string of the molecule is Cc1cc(S(=O)(=O)NC(C)(C)C#N)ccc1C#N. The fourth-order valence-corrected chi connectivity index (χ4v) is 2.76. The summed E-state index contributed by atoms with van der Waals surface area (Å²) in [4.78, 5) is 0.0438. The number of sulfonamides is 1. The van der Waals surface area contributed by atoms with Gasteiger partial charge < -0.3 is 0 Å². The first kappa shape index (κ1) is 14.2. The number of rotatable bonds is 3. The van der Waals surface area contributed by atoms with Crippen LogP contribution < -0.4 is 4.72 Å². The van der Waals surface area contributed by atoms with E-state index in [1.807, 2.05) is 12.1 Å². The fourth-order valence-electron chi connectivity index (χ4n) is 1.35. The van der Waals surface area contributed by atoms with Gasteiger partial charge in [-0.2, -0.15) is 15.2 Å². The highest BCUT2D eigenvalue weighted by molar-refractivity contribution is 7.89. The van der Waals surface area contributed by atoms with E-state index in [9.17, 15) is 8.42 Å². The molecular formula is C12H13N3O2S. The summed E-state index contributed by atoms with van der Waals surface area (Å²) in [5.41, 5.74) is -0.177. The van der Waals surface area contributed by atoms with Gasteiger partial charge in [0.15, 0.2) is 0 Å². The van der Waals surface area contributed by atoms with Gasteiger partial charge in [0.05, 0.1) is 22.6 Å². The number of nitriles is 2. The van der Waals surface area contributed by atoms with Crippen molar-refractivity contribution in [3.05, 3.63) is 29.3 Å². The molecule has 0 atom stereocenters. The lowest BCUT2D eigenvalue weighted by Crippen LogP contribution is -2.41. The van der Waals surface area contributed by atoms with E-state index in [0.717, 1.165) is 0 Å². The average molecular weight is 263 g/mol. The van der Waals surface area contributed by atoms with Gasteiger partial charge in [-0.1, -0.05) is 0 Å². The number of nitrogens with zero attached hydrogens (tertiary/aromatic N) is 2. The van der Waals surface area contributed by atoms with Gasteiger partial charge in [0.25, 0.3) is 0 Å². The van der Waals surface area contributed by atoms with Gasteiger partial charge in [-0.15, -0.1) is 0 Å². The quantitative estimate of drug-likeness (QED) is 0.893. The predicted molar refractivity (Wildman–Crippen MR) is 65.9 cm³/mol. The van der Waals surface area contributed by atoms with Crippen LogP contribution in [0.3, 0.4) is 0 Å². The van der Waals surface area contributed by atoms with Gasteiger partial charge in [0.2, 0.25) is 10.0 Å². The summed E-state index contributed by atoms with van der Waals surface area (Å²) >= 11 is 0. The first-order valence-electron chi connectivity index (χ1n) is 5.18. The maximum Gasteiger partial charge on any atom is 0.241 e. The lowest BCUT2D eigenvalue weighted by atomic mass is 10.1. The zero-order valence-corrected chi connectivity index (χ0v) is 11.2. The second-order valence-electron chi connectivity index (χ2n) is 4.43. The van der Waals surface area contributed by atoms with Crippen LogP contribution in [0, 0.1) is 29.6 Å². The zero-order valence-electron chi connectivity index (χ0n) is 10.4. The van der Waals surface area contributed by atoms with Gasteiger partial charge in [-0.3, -0.25) is 0 Å². The normalized spacial score (nSPS) is 11.6. The third kappa shape index (κ3) is 3.07. The Morgan fingerprint density at radius 2 is 1.89 bits per heavy atom. The van der Waals surface area contributed by atoms with Crippen molar-refractivity contribution in [1.82, 2.24) is 4.72 Å². The van der Waals surface area contributed by atoms with Gasteiger partial charge in [-0.05, 0) is 44.5 Å². The Morgan fingerprint density at radius 3 is 2.33 bits per heavy atom. The lowest BCUT2D eigenvalue weighted by molar-refractivity contribution is 0.535. The smallest absolute Gasteiger partial charge is 0.207 e. The van der Waals surface area contributed by atoms with E-state index < -0.39 is 15.6 Å². The third-order valence-electron chi connectivity index (χ3n) is 2.30. The molecule has 1 aromatic rings. The first-order chi connectivity index (χ1) is 8.22. The number of aryl methyl sites for hydroxylation is 1. The third-order valence-corrected chi connectivity index (χ3v) is 3.95. The van der Waals surface area contributed by atoms with E-state index in [4.69, 9.17) is 10.5 Å². The van der Waals surface area contributed by atoms with Gasteiger partial charge in [0.1, 0.15) is 5.54 Å². The minimum atomic E-state index is -3.76. The van der Waals surface area contributed by atoms with Crippen molar-refractivity contribution in [3.8, 4) is 12.1 Å². The second kappa shape index (κ2) is 4.77. The number of nitrogens with one attached hydrogen (secondary N) is 1. The highest BCUT2D eigenvalue weighted by atomic mass is 32.2. The van der Waals surface area contributed by atoms with Crippen LogP contribution in [0.4, 0.5) is 0 Å². The Morgan fingerprint density at radius 1 is 1.28 bits per heavy atom. The van der Waals surface area contributed by atoms with Crippen LogP contribution in [-0.2, 0) is 10.0 Å². The minimum Gasteiger partial charge on any atom is -0.207 e. The molecule has 0 radical (unpaired) electrons. The molecule has 0 amide bonds. The molecule has 0 heterocycles. The Labute approximate surface area is 107 Å². The first-order valence-corrected chi connectivity index (χ1v) is 6.66. The lowest BCUT2D eigenvalue weighted by Gasteiger charge is -2.17. The van der Waals surface area contributed by atoms with E-state index in [1.54, 1.807) is 6.92 Å². The molecule has 18 heavy (non-hydrogen) atoms. The van der Waals surface area contributed by atoms with E-state index in [2.05, 4.69) is 4.72 Å². The second-order valence-corrected chi connectivity index (χ2v) is 6.11. The molecule has 0 aliphatic rings. The van der Waals surface area contributed by atoms with Crippen LogP contribution in [0.25, 0.3) is 0 Å². The molecule has 0 fully saturated rings. The standard InChI is InChI=1S/C12H13N3O2S/c1-9-6-11(5-4-10(9)7-13)18(16,17)15-12(2,3)8-14/h4-6,15H,1-3H3. The minimum absolute atomic E-state index is 0.0438. The van der Waals surface area contributed by atoms with E-state index in [0.29, 0.717) is 11.1 Å². The number of hydrogen-bond acceptors (Lipinski definition) is 4. The summed E-state index contributed by atoms with van der Waals surface area (Å²) in [7, 11) is -3.76. The topological polar surface area (TPSA) is 93.8 Å². The van der Waals surface area contributed by atoms with Crippen LogP contribution in [0.1, 0.15) is 25.0 Å². The van der Waals surface area contributed by atoms with Crippen LogP contribution in [0.15, 0.2) is 23.1 Å². The van der Waals surface area contributed by atoms with Crippen molar-refractivity contribution in [2.45, 2.75) is 31.2 Å². The van der Waals surface area contributed by atoms with E-state index in [1.165, 1.54) is 32.0 Å². The Bertz CT molecular complexity index is 649. The Balaban J connectivity index is 3.20. The van der Waals surface area contributed by atoms with Crippen molar-refractivity contribution in [3.63, 3.8) is 0 Å². The maximum atomic E-state index is 12.0. The maximum absolute atomic E-state index is 12.0. The summed E-state index contributed by atoms with van der Waals surface area (Å²) in [5, 5.41) is 17.6. The molecule has 0 spiro atoms. The van der Waals surface area contributed by atoms with Gasteiger partial charge in [0, 0.05) is 0 Å². The molecule has 0 aliphatic heterocycles. The van der Waals surface area contributed by atoms with Crippen LogP contribution >= 0.6 is 0 Å². The molecule has 5 nitrogen and oxygen atoms in total. The summed E-state index contributed by atoms with van der Waals surface area (Å²) in [6.07, 6.45) is 0. The predicted octanol–water partition coefficient (Wildman–Crippen LogP) is 1.45. The zero-order chi connectivity index (χ0) is 14.0. The van der Waals surface area contributed by atoms with Crippen molar-refractivity contribution >= 4 is 10.0 Å². The molecule has 0 saturated carbocycles. The van der Waals surface area contributed by atoms with Crippen LogP contribution in [-0.4, -0.2) is 14.0 Å². The fraction of sp³-hybridized carbons (Fsp3) is 0.333. The van der Waals surface area contributed by atoms with E-state index >= 15 is 0 Å². The molecule has 0 unspecified atom stereocenters. The molecule has 1 rings (SSSR count). The molecule has 0 bridgehead atoms.